The van der Waals surface area contributed by atoms with Crippen LogP contribution in [0.25, 0.3) is 0 Å². The van der Waals surface area contributed by atoms with E-state index in [1.165, 1.54) is 7.11 Å². The number of rotatable bonds is 6. The first-order valence-electron chi connectivity index (χ1n) is 7.31. The predicted molar refractivity (Wildman–Crippen MR) is 75.4 cm³/mol. The van der Waals surface area contributed by atoms with E-state index in [1.807, 2.05) is 0 Å². The fourth-order valence-electron chi connectivity index (χ4n) is 2.77. The first-order valence-corrected chi connectivity index (χ1v) is 7.31. The fourth-order valence-corrected chi connectivity index (χ4v) is 2.77. The number of piperidine rings is 1. The van der Waals surface area contributed by atoms with Crippen LogP contribution in [0.15, 0.2) is 0 Å². The number of likely N-dealkylation sites (tertiary alicyclic amines) is 1. The normalized spacial score (nSPS) is 23.1. The minimum Gasteiger partial charge on any atom is -0.465 e. The van der Waals surface area contributed by atoms with Gasteiger partial charge in [0.25, 0.3) is 0 Å². The van der Waals surface area contributed by atoms with Crippen LogP contribution in [0.2, 0.25) is 0 Å². The Hall–Kier alpha value is -1.30. The second-order valence-corrected chi connectivity index (χ2v) is 5.22. The number of hydrogen-bond donors (Lipinski definition) is 1. The molecule has 116 valence electrons. The number of hydrogen-bond acceptors (Lipinski definition) is 5. The van der Waals surface area contributed by atoms with Gasteiger partial charge in [-0.2, -0.15) is 0 Å². The van der Waals surface area contributed by atoms with Gasteiger partial charge >= 0.3 is 12.1 Å². The van der Waals surface area contributed by atoms with E-state index in [0.717, 1.165) is 25.8 Å². The highest BCUT2D eigenvalue weighted by molar-refractivity contribution is 5.71. The summed E-state index contributed by atoms with van der Waals surface area (Å²) in [5.41, 5.74) is 0. The van der Waals surface area contributed by atoms with Gasteiger partial charge in [-0.15, -0.1) is 0 Å². The van der Waals surface area contributed by atoms with Crippen molar-refractivity contribution in [2.75, 3.05) is 33.4 Å². The van der Waals surface area contributed by atoms with Crippen molar-refractivity contribution in [3.8, 4) is 0 Å². The third-order valence-corrected chi connectivity index (χ3v) is 3.48. The SMILES string of the molecule is CCCC1CC(NC(=O)OC)CN(CC(=O)OCC)C1. The Morgan fingerprint density at radius 3 is 2.65 bits per heavy atom. The minimum absolute atomic E-state index is 0.0298. The summed E-state index contributed by atoms with van der Waals surface area (Å²) < 4.78 is 9.63. The Labute approximate surface area is 120 Å². The maximum absolute atomic E-state index is 11.6. The molecule has 0 saturated carbocycles. The van der Waals surface area contributed by atoms with E-state index in [-0.39, 0.29) is 18.6 Å². The van der Waals surface area contributed by atoms with Crippen LogP contribution in [0, 0.1) is 5.92 Å². The van der Waals surface area contributed by atoms with Crippen LogP contribution in [-0.4, -0.2) is 56.4 Å². The van der Waals surface area contributed by atoms with E-state index in [2.05, 4.69) is 21.9 Å². The van der Waals surface area contributed by atoms with Crippen LogP contribution in [0.3, 0.4) is 0 Å². The molecule has 20 heavy (non-hydrogen) atoms. The summed E-state index contributed by atoms with van der Waals surface area (Å²) in [6.07, 6.45) is 2.72. The lowest BCUT2D eigenvalue weighted by Gasteiger charge is -2.37. The molecule has 0 radical (unpaired) electrons. The first kappa shape index (κ1) is 16.8. The fraction of sp³-hybridized carbons (Fsp3) is 0.857. The number of esters is 1. The summed E-state index contributed by atoms with van der Waals surface area (Å²) in [5.74, 6) is 0.284. The molecule has 0 aromatic heterocycles. The lowest BCUT2D eigenvalue weighted by atomic mass is 9.90. The first-order chi connectivity index (χ1) is 9.58. The van der Waals surface area contributed by atoms with Gasteiger partial charge in [0.05, 0.1) is 20.3 Å². The quantitative estimate of drug-likeness (QED) is 0.747. The second kappa shape index (κ2) is 8.79. The highest BCUT2D eigenvalue weighted by Crippen LogP contribution is 2.21. The van der Waals surface area contributed by atoms with Crippen LogP contribution >= 0.6 is 0 Å². The molecule has 1 amide bonds. The number of carbonyl (C=O) groups is 2. The number of nitrogens with one attached hydrogen (secondary N) is 1. The van der Waals surface area contributed by atoms with Gasteiger partial charge in [0.15, 0.2) is 0 Å². The molecule has 0 aliphatic carbocycles. The predicted octanol–water partition coefficient (Wildman–Crippen LogP) is 1.40. The maximum Gasteiger partial charge on any atom is 0.407 e. The highest BCUT2D eigenvalue weighted by Gasteiger charge is 2.29. The molecular weight excluding hydrogens is 260 g/mol. The summed E-state index contributed by atoms with van der Waals surface area (Å²) >= 11 is 0. The van der Waals surface area contributed by atoms with E-state index in [1.54, 1.807) is 6.92 Å². The van der Waals surface area contributed by atoms with E-state index in [4.69, 9.17) is 4.74 Å². The smallest absolute Gasteiger partial charge is 0.407 e. The van der Waals surface area contributed by atoms with Crippen molar-refractivity contribution in [3.63, 3.8) is 0 Å². The third-order valence-electron chi connectivity index (χ3n) is 3.48. The van der Waals surface area contributed by atoms with Gasteiger partial charge in [0.2, 0.25) is 0 Å². The molecular formula is C14H26N2O4. The van der Waals surface area contributed by atoms with E-state index in [0.29, 0.717) is 19.1 Å². The summed E-state index contributed by atoms with van der Waals surface area (Å²) in [4.78, 5) is 25.0. The molecule has 6 heteroatoms. The molecule has 1 rings (SSSR count). The maximum atomic E-state index is 11.6. The Kier molecular flexibility index (Phi) is 7.36. The molecule has 2 unspecified atom stereocenters. The van der Waals surface area contributed by atoms with Gasteiger partial charge < -0.3 is 14.8 Å². The van der Waals surface area contributed by atoms with Crippen molar-refractivity contribution in [2.24, 2.45) is 5.92 Å². The van der Waals surface area contributed by atoms with Crippen LogP contribution in [0.4, 0.5) is 4.79 Å². The topological polar surface area (TPSA) is 67.9 Å². The zero-order valence-corrected chi connectivity index (χ0v) is 12.7. The van der Waals surface area contributed by atoms with Gasteiger partial charge in [0, 0.05) is 19.1 Å². The Morgan fingerprint density at radius 1 is 1.30 bits per heavy atom. The molecule has 0 aromatic carbocycles. The van der Waals surface area contributed by atoms with Crippen LogP contribution in [0.1, 0.15) is 33.1 Å². The molecule has 1 heterocycles. The minimum atomic E-state index is -0.414. The largest absolute Gasteiger partial charge is 0.465 e. The third kappa shape index (κ3) is 5.77. The Morgan fingerprint density at radius 2 is 2.05 bits per heavy atom. The summed E-state index contributed by atoms with van der Waals surface area (Å²) in [7, 11) is 1.36. The molecule has 1 fully saturated rings. The van der Waals surface area contributed by atoms with Gasteiger partial charge in [-0.3, -0.25) is 9.69 Å². The van der Waals surface area contributed by atoms with Crippen molar-refractivity contribution in [2.45, 2.75) is 39.2 Å². The van der Waals surface area contributed by atoms with Gasteiger partial charge in [-0.1, -0.05) is 13.3 Å². The van der Waals surface area contributed by atoms with Crippen molar-refractivity contribution in [3.05, 3.63) is 0 Å². The van der Waals surface area contributed by atoms with Crippen LogP contribution < -0.4 is 5.32 Å². The molecule has 1 saturated heterocycles. The summed E-state index contributed by atoms with van der Waals surface area (Å²) in [6, 6.07) is 0.0298. The average Bonchev–Trinajstić information content (AvgIpc) is 2.38. The van der Waals surface area contributed by atoms with E-state index < -0.39 is 6.09 Å². The van der Waals surface area contributed by atoms with Crippen molar-refractivity contribution in [1.82, 2.24) is 10.2 Å². The van der Waals surface area contributed by atoms with Crippen molar-refractivity contribution >= 4 is 12.1 Å². The lowest BCUT2D eigenvalue weighted by Crippen LogP contribution is -2.52. The average molecular weight is 286 g/mol. The van der Waals surface area contributed by atoms with Gasteiger partial charge in [-0.25, -0.2) is 4.79 Å². The number of amides is 1. The standard InChI is InChI=1S/C14H26N2O4/c1-4-6-11-7-12(15-14(18)19-3)9-16(8-11)10-13(17)20-5-2/h11-12H,4-10H2,1-3H3,(H,15,18). The monoisotopic (exact) mass is 286 g/mol. The number of methoxy groups -OCH3 is 1. The van der Waals surface area contributed by atoms with E-state index in [9.17, 15) is 9.59 Å². The van der Waals surface area contributed by atoms with Gasteiger partial charge in [0.1, 0.15) is 0 Å². The molecule has 2 atom stereocenters. The summed E-state index contributed by atoms with van der Waals surface area (Å²) in [6.45, 7) is 6.17. The Balaban J connectivity index is 2.55. The number of ether oxygens (including phenoxy) is 2. The molecule has 1 aliphatic rings. The van der Waals surface area contributed by atoms with Crippen molar-refractivity contribution < 1.29 is 19.1 Å². The zero-order valence-electron chi connectivity index (χ0n) is 12.7. The molecule has 1 aliphatic heterocycles. The number of alkyl carbamates (subject to hydrolysis) is 1. The second-order valence-electron chi connectivity index (χ2n) is 5.22. The van der Waals surface area contributed by atoms with Crippen LogP contribution in [0.5, 0.6) is 0 Å². The van der Waals surface area contributed by atoms with Crippen molar-refractivity contribution in [1.29, 1.82) is 0 Å². The van der Waals surface area contributed by atoms with Crippen LogP contribution in [-0.2, 0) is 14.3 Å². The highest BCUT2D eigenvalue weighted by atomic mass is 16.5. The number of carbonyl (C=O) groups excluding carboxylic acids is 2. The van der Waals surface area contributed by atoms with Gasteiger partial charge in [-0.05, 0) is 25.7 Å². The lowest BCUT2D eigenvalue weighted by molar-refractivity contribution is -0.145. The number of nitrogens with zero attached hydrogens (tertiary/aromatic N) is 1. The Bertz CT molecular complexity index is 322. The molecule has 0 aromatic rings. The zero-order chi connectivity index (χ0) is 15.0. The molecule has 1 N–H and O–H groups in total. The molecule has 0 spiro atoms. The molecule has 0 bridgehead atoms. The summed E-state index contributed by atoms with van der Waals surface area (Å²) in [5, 5.41) is 2.84. The molecule has 6 nitrogen and oxygen atoms in total. The van der Waals surface area contributed by atoms with E-state index >= 15 is 0 Å².